The van der Waals surface area contributed by atoms with Gasteiger partial charge in [-0.2, -0.15) is 0 Å². The zero-order valence-electron chi connectivity index (χ0n) is 12.4. The van der Waals surface area contributed by atoms with Crippen LogP contribution >= 0.6 is 0 Å². The van der Waals surface area contributed by atoms with E-state index in [-0.39, 0.29) is 11.9 Å². The van der Waals surface area contributed by atoms with Crippen molar-refractivity contribution in [2.45, 2.75) is 45.2 Å². The molecular formula is C16H25N3O. The van der Waals surface area contributed by atoms with Crippen molar-refractivity contribution in [3.8, 4) is 0 Å². The van der Waals surface area contributed by atoms with Gasteiger partial charge in [0.2, 0.25) is 5.91 Å². The van der Waals surface area contributed by atoms with Gasteiger partial charge in [0.1, 0.15) is 0 Å². The first-order chi connectivity index (χ1) is 9.54. The van der Waals surface area contributed by atoms with Gasteiger partial charge in [0.05, 0.1) is 6.42 Å². The van der Waals surface area contributed by atoms with E-state index < -0.39 is 0 Å². The Morgan fingerprint density at radius 2 is 2.10 bits per heavy atom. The third kappa shape index (κ3) is 4.23. The fraction of sp³-hybridized carbons (Fsp3) is 0.562. The van der Waals surface area contributed by atoms with E-state index in [0.717, 1.165) is 31.5 Å². The second kappa shape index (κ2) is 6.75. The average molecular weight is 275 g/mol. The molecule has 0 atom stereocenters. The average Bonchev–Trinajstić information content (AvgIpc) is 2.38. The number of nitrogens with one attached hydrogen (secondary N) is 1. The SMILES string of the molecule is CC(C)NC(=O)Cc1cccc(N2CCC(N)CC2)c1. The molecule has 1 saturated heterocycles. The maximum atomic E-state index is 11.8. The van der Waals surface area contributed by atoms with E-state index in [9.17, 15) is 4.79 Å². The molecule has 1 amide bonds. The molecule has 1 aromatic rings. The highest BCUT2D eigenvalue weighted by Gasteiger charge is 2.16. The van der Waals surface area contributed by atoms with E-state index in [4.69, 9.17) is 5.73 Å². The van der Waals surface area contributed by atoms with Gasteiger partial charge in [-0.15, -0.1) is 0 Å². The molecule has 1 heterocycles. The van der Waals surface area contributed by atoms with Gasteiger partial charge in [-0.05, 0) is 44.4 Å². The summed E-state index contributed by atoms with van der Waals surface area (Å²) in [4.78, 5) is 14.2. The molecule has 1 aliphatic rings. The number of nitrogens with zero attached hydrogens (tertiary/aromatic N) is 1. The highest BCUT2D eigenvalue weighted by molar-refractivity contribution is 5.79. The summed E-state index contributed by atoms with van der Waals surface area (Å²) in [5.41, 5.74) is 8.20. The van der Waals surface area contributed by atoms with Gasteiger partial charge in [0.25, 0.3) is 0 Å². The van der Waals surface area contributed by atoms with Crippen molar-refractivity contribution in [2.24, 2.45) is 5.73 Å². The van der Waals surface area contributed by atoms with E-state index >= 15 is 0 Å². The second-order valence-corrected chi connectivity index (χ2v) is 5.89. The minimum Gasteiger partial charge on any atom is -0.371 e. The first-order valence-corrected chi connectivity index (χ1v) is 7.43. The van der Waals surface area contributed by atoms with Gasteiger partial charge in [-0.1, -0.05) is 12.1 Å². The van der Waals surface area contributed by atoms with Crippen molar-refractivity contribution in [3.63, 3.8) is 0 Å². The third-order valence-corrected chi connectivity index (χ3v) is 3.63. The molecule has 4 nitrogen and oxygen atoms in total. The molecule has 2 rings (SSSR count). The van der Waals surface area contributed by atoms with Crippen LogP contribution in [0, 0.1) is 0 Å². The van der Waals surface area contributed by atoms with Gasteiger partial charge in [-0.3, -0.25) is 4.79 Å². The number of amides is 1. The number of carbonyl (C=O) groups excluding carboxylic acids is 1. The van der Waals surface area contributed by atoms with Crippen LogP contribution in [0.5, 0.6) is 0 Å². The summed E-state index contributed by atoms with van der Waals surface area (Å²) in [6.07, 6.45) is 2.52. The van der Waals surface area contributed by atoms with Crippen LogP contribution in [0.2, 0.25) is 0 Å². The molecule has 0 bridgehead atoms. The summed E-state index contributed by atoms with van der Waals surface area (Å²) in [5.74, 6) is 0.0813. The Morgan fingerprint density at radius 1 is 1.40 bits per heavy atom. The highest BCUT2D eigenvalue weighted by Crippen LogP contribution is 2.20. The first kappa shape index (κ1) is 14.9. The smallest absolute Gasteiger partial charge is 0.224 e. The predicted octanol–water partition coefficient (Wildman–Crippen LogP) is 1.68. The van der Waals surface area contributed by atoms with Gasteiger partial charge in [0, 0.05) is 30.9 Å². The number of hydrogen-bond donors (Lipinski definition) is 2. The lowest BCUT2D eigenvalue weighted by Gasteiger charge is -2.32. The normalized spacial score (nSPS) is 16.5. The molecule has 0 radical (unpaired) electrons. The first-order valence-electron chi connectivity index (χ1n) is 7.43. The Kier molecular flexibility index (Phi) is 5.01. The fourth-order valence-electron chi connectivity index (χ4n) is 2.58. The number of hydrogen-bond acceptors (Lipinski definition) is 3. The molecule has 1 fully saturated rings. The van der Waals surface area contributed by atoms with E-state index in [1.807, 2.05) is 26.0 Å². The molecule has 110 valence electrons. The van der Waals surface area contributed by atoms with E-state index in [2.05, 4.69) is 22.3 Å². The van der Waals surface area contributed by atoms with Crippen LogP contribution in [0.25, 0.3) is 0 Å². The zero-order chi connectivity index (χ0) is 14.5. The van der Waals surface area contributed by atoms with Crippen LogP contribution < -0.4 is 16.0 Å². The van der Waals surface area contributed by atoms with Crippen LogP contribution in [0.4, 0.5) is 5.69 Å². The van der Waals surface area contributed by atoms with Crippen molar-refractivity contribution in [1.29, 1.82) is 0 Å². The summed E-state index contributed by atoms with van der Waals surface area (Å²) >= 11 is 0. The number of piperidine rings is 1. The minimum absolute atomic E-state index is 0.0813. The third-order valence-electron chi connectivity index (χ3n) is 3.63. The van der Waals surface area contributed by atoms with Crippen LogP contribution in [0.3, 0.4) is 0 Å². The highest BCUT2D eigenvalue weighted by atomic mass is 16.1. The number of carbonyl (C=O) groups is 1. The van der Waals surface area contributed by atoms with Crippen molar-refractivity contribution in [3.05, 3.63) is 29.8 Å². The van der Waals surface area contributed by atoms with Crippen molar-refractivity contribution >= 4 is 11.6 Å². The molecular weight excluding hydrogens is 250 g/mol. The lowest BCUT2D eigenvalue weighted by atomic mass is 10.0. The number of anilines is 1. The maximum Gasteiger partial charge on any atom is 0.224 e. The lowest BCUT2D eigenvalue weighted by Crippen LogP contribution is -2.39. The maximum absolute atomic E-state index is 11.8. The van der Waals surface area contributed by atoms with Gasteiger partial charge in [0.15, 0.2) is 0 Å². The molecule has 0 unspecified atom stereocenters. The van der Waals surface area contributed by atoms with Crippen molar-refractivity contribution in [1.82, 2.24) is 5.32 Å². The standard InChI is InChI=1S/C16H25N3O/c1-12(2)18-16(20)11-13-4-3-5-15(10-13)19-8-6-14(17)7-9-19/h3-5,10,12,14H,6-9,11,17H2,1-2H3,(H,18,20). The lowest BCUT2D eigenvalue weighted by molar-refractivity contribution is -0.120. The molecule has 4 heteroatoms. The Bertz CT molecular complexity index is 451. The largest absolute Gasteiger partial charge is 0.371 e. The molecule has 3 N–H and O–H groups in total. The molecule has 0 saturated carbocycles. The van der Waals surface area contributed by atoms with Crippen LogP contribution in [-0.2, 0) is 11.2 Å². The Balaban J connectivity index is 1.99. The topological polar surface area (TPSA) is 58.4 Å². The van der Waals surface area contributed by atoms with Gasteiger partial charge in [-0.25, -0.2) is 0 Å². The molecule has 0 spiro atoms. The summed E-state index contributed by atoms with van der Waals surface area (Å²) in [7, 11) is 0. The molecule has 1 aliphatic heterocycles. The van der Waals surface area contributed by atoms with Crippen LogP contribution in [-0.4, -0.2) is 31.1 Å². The second-order valence-electron chi connectivity index (χ2n) is 5.89. The molecule has 0 aromatic heterocycles. The summed E-state index contributed by atoms with van der Waals surface area (Å²) in [5, 5.41) is 2.93. The minimum atomic E-state index is 0.0813. The van der Waals surface area contributed by atoms with E-state index in [0.29, 0.717) is 12.5 Å². The van der Waals surface area contributed by atoms with Crippen molar-refractivity contribution in [2.75, 3.05) is 18.0 Å². The number of nitrogens with two attached hydrogens (primary N) is 1. The quantitative estimate of drug-likeness (QED) is 0.879. The van der Waals surface area contributed by atoms with Crippen LogP contribution in [0.15, 0.2) is 24.3 Å². The Morgan fingerprint density at radius 3 is 2.75 bits per heavy atom. The summed E-state index contributed by atoms with van der Waals surface area (Å²) in [6, 6.07) is 8.80. The summed E-state index contributed by atoms with van der Waals surface area (Å²) in [6.45, 7) is 5.96. The molecule has 0 aliphatic carbocycles. The number of rotatable bonds is 4. The Labute approximate surface area is 121 Å². The van der Waals surface area contributed by atoms with Gasteiger partial charge >= 0.3 is 0 Å². The van der Waals surface area contributed by atoms with E-state index in [1.165, 1.54) is 5.69 Å². The van der Waals surface area contributed by atoms with E-state index in [1.54, 1.807) is 0 Å². The van der Waals surface area contributed by atoms with Crippen LogP contribution in [0.1, 0.15) is 32.3 Å². The monoisotopic (exact) mass is 275 g/mol. The fourth-order valence-corrected chi connectivity index (χ4v) is 2.58. The zero-order valence-corrected chi connectivity index (χ0v) is 12.4. The van der Waals surface area contributed by atoms with Gasteiger partial charge < -0.3 is 16.0 Å². The predicted molar refractivity (Wildman–Crippen MR) is 82.8 cm³/mol. The number of benzene rings is 1. The summed E-state index contributed by atoms with van der Waals surface area (Å²) < 4.78 is 0. The Hall–Kier alpha value is -1.55. The van der Waals surface area contributed by atoms with Crippen molar-refractivity contribution < 1.29 is 4.79 Å². The molecule has 1 aromatic carbocycles. The molecule has 20 heavy (non-hydrogen) atoms.